The minimum atomic E-state index is -4.07. The van der Waals surface area contributed by atoms with Crippen molar-refractivity contribution < 1.29 is 18.0 Å². The molecule has 0 heterocycles. The van der Waals surface area contributed by atoms with E-state index >= 15 is 0 Å². The van der Waals surface area contributed by atoms with Crippen LogP contribution in [0.4, 0.5) is 5.69 Å². The van der Waals surface area contributed by atoms with E-state index in [2.05, 4.69) is 5.32 Å². The van der Waals surface area contributed by atoms with Crippen LogP contribution < -0.4 is 9.62 Å². The molecule has 0 bridgehead atoms. The summed E-state index contributed by atoms with van der Waals surface area (Å²) in [6, 6.07) is 22.5. The second kappa shape index (κ2) is 12.7. The molecular formula is C28H32ClN3O4S. The Bertz CT molecular complexity index is 1280. The van der Waals surface area contributed by atoms with Crippen LogP contribution in [0.15, 0.2) is 89.8 Å². The molecule has 0 aliphatic carbocycles. The highest BCUT2D eigenvalue weighted by molar-refractivity contribution is 7.92. The van der Waals surface area contributed by atoms with Crippen LogP contribution in [0.5, 0.6) is 0 Å². The SMILES string of the molecule is CC[C@H](C(=O)NC(C)C)N(Cc1ccc(Cl)cc1)C(=O)CN(c1ccccc1)S(=O)(=O)c1ccccc1. The van der Waals surface area contributed by atoms with Crippen LogP contribution >= 0.6 is 11.6 Å². The van der Waals surface area contributed by atoms with Gasteiger partial charge in [-0.1, -0.05) is 67.1 Å². The molecule has 37 heavy (non-hydrogen) atoms. The number of carbonyl (C=O) groups excluding carboxylic acids is 2. The molecule has 2 amide bonds. The lowest BCUT2D eigenvalue weighted by molar-refractivity contribution is -0.140. The van der Waals surface area contributed by atoms with Gasteiger partial charge in [0, 0.05) is 17.6 Å². The molecule has 0 radical (unpaired) electrons. The summed E-state index contributed by atoms with van der Waals surface area (Å²) in [5, 5.41) is 3.43. The van der Waals surface area contributed by atoms with Crippen LogP contribution in [0, 0.1) is 0 Å². The van der Waals surface area contributed by atoms with Crippen molar-refractivity contribution in [1.82, 2.24) is 10.2 Å². The molecule has 0 saturated heterocycles. The first-order chi connectivity index (χ1) is 17.6. The van der Waals surface area contributed by atoms with Crippen LogP contribution in [0.25, 0.3) is 0 Å². The highest BCUT2D eigenvalue weighted by Gasteiger charge is 2.33. The molecule has 0 spiro atoms. The number of hydrogen-bond donors (Lipinski definition) is 1. The number of nitrogens with one attached hydrogen (secondary N) is 1. The van der Waals surface area contributed by atoms with E-state index in [0.717, 1.165) is 9.87 Å². The van der Waals surface area contributed by atoms with Crippen LogP contribution in [0.1, 0.15) is 32.8 Å². The van der Waals surface area contributed by atoms with Crippen molar-refractivity contribution >= 4 is 39.1 Å². The van der Waals surface area contributed by atoms with Crippen LogP contribution in [-0.4, -0.2) is 43.8 Å². The number of halogens is 1. The van der Waals surface area contributed by atoms with E-state index in [9.17, 15) is 18.0 Å². The Hall–Kier alpha value is -3.36. The highest BCUT2D eigenvalue weighted by atomic mass is 35.5. The van der Waals surface area contributed by atoms with Crippen molar-refractivity contribution in [2.75, 3.05) is 10.8 Å². The number of carbonyl (C=O) groups is 2. The maximum Gasteiger partial charge on any atom is 0.264 e. The van der Waals surface area contributed by atoms with E-state index in [0.29, 0.717) is 17.1 Å². The van der Waals surface area contributed by atoms with Gasteiger partial charge in [-0.05, 0) is 62.2 Å². The lowest BCUT2D eigenvalue weighted by Crippen LogP contribution is -2.53. The average molecular weight is 542 g/mol. The Morgan fingerprint density at radius 3 is 2.00 bits per heavy atom. The normalized spacial score (nSPS) is 12.1. The van der Waals surface area contributed by atoms with Crippen molar-refractivity contribution in [2.45, 2.75) is 50.7 Å². The first-order valence-corrected chi connectivity index (χ1v) is 13.9. The van der Waals surface area contributed by atoms with E-state index in [1.165, 1.54) is 17.0 Å². The zero-order valence-electron chi connectivity index (χ0n) is 21.2. The molecule has 0 fully saturated rings. The molecule has 196 valence electrons. The third kappa shape index (κ3) is 7.33. The molecule has 0 aliphatic rings. The Morgan fingerprint density at radius 1 is 0.892 bits per heavy atom. The fourth-order valence-corrected chi connectivity index (χ4v) is 5.49. The highest BCUT2D eigenvalue weighted by Crippen LogP contribution is 2.24. The molecule has 3 aromatic carbocycles. The van der Waals surface area contributed by atoms with Gasteiger partial charge < -0.3 is 10.2 Å². The predicted molar refractivity (Wildman–Crippen MR) is 147 cm³/mol. The number of para-hydroxylation sites is 1. The molecule has 3 rings (SSSR count). The Kier molecular flexibility index (Phi) is 9.72. The minimum absolute atomic E-state index is 0.0699. The molecule has 9 heteroatoms. The lowest BCUT2D eigenvalue weighted by Gasteiger charge is -2.33. The van der Waals surface area contributed by atoms with Gasteiger partial charge in [0.2, 0.25) is 11.8 Å². The Balaban J connectivity index is 2.02. The summed E-state index contributed by atoms with van der Waals surface area (Å²) in [7, 11) is -4.07. The zero-order chi connectivity index (χ0) is 27.0. The van der Waals surface area contributed by atoms with Crippen LogP contribution in [0.3, 0.4) is 0 Å². The van der Waals surface area contributed by atoms with Gasteiger partial charge in [0.15, 0.2) is 0 Å². The summed E-state index contributed by atoms with van der Waals surface area (Å²) in [6.07, 6.45) is 0.356. The summed E-state index contributed by atoms with van der Waals surface area (Å²) in [5.74, 6) is -0.791. The predicted octanol–water partition coefficient (Wildman–Crippen LogP) is 4.87. The maximum atomic E-state index is 13.9. The standard InChI is InChI=1S/C28H32ClN3O4S/c1-4-26(28(34)30-21(2)3)31(19-22-15-17-23(29)18-16-22)27(33)20-32(24-11-7-5-8-12-24)37(35,36)25-13-9-6-10-14-25/h5-18,21,26H,4,19-20H2,1-3H3,(H,30,34)/t26-/m1/s1. The van der Waals surface area contributed by atoms with Gasteiger partial charge in [-0.3, -0.25) is 13.9 Å². The maximum absolute atomic E-state index is 13.9. The Labute approximate surface area is 224 Å². The number of sulfonamides is 1. The van der Waals surface area contributed by atoms with E-state index in [4.69, 9.17) is 11.6 Å². The summed E-state index contributed by atoms with van der Waals surface area (Å²) >= 11 is 6.04. The lowest BCUT2D eigenvalue weighted by atomic mass is 10.1. The minimum Gasteiger partial charge on any atom is -0.352 e. The molecule has 0 unspecified atom stereocenters. The smallest absolute Gasteiger partial charge is 0.264 e. The van der Waals surface area contributed by atoms with E-state index in [1.54, 1.807) is 72.8 Å². The Morgan fingerprint density at radius 2 is 1.46 bits per heavy atom. The summed E-state index contributed by atoms with van der Waals surface area (Å²) in [6.45, 7) is 5.16. The largest absolute Gasteiger partial charge is 0.352 e. The third-order valence-corrected chi connectivity index (χ3v) is 7.78. The molecule has 1 N–H and O–H groups in total. The van der Waals surface area contributed by atoms with Gasteiger partial charge in [-0.2, -0.15) is 0 Å². The molecular weight excluding hydrogens is 510 g/mol. The first kappa shape index (κ1) is 28.2. The quantitative estimate of drug-likeness (QED) is 0.375. The number of hydrogen-bond acceptors (Lipinski definition) is 4. The summed E-state index contributed by atoms with van der Waals surface area (Å²) in [4.78, 5) is 28.5. The number of amides is 2. The van der Waals surface area contributed by atoms with Crippen molar-refractivity contribution in [3.8, 4) is 0 Å². The van der Waals surface area contributed by atoms with Gasteiger partial charge >= 0.3 is 0 Å². The van der Waals surface area contributed by atoms with Crippen LogP contribution in [-0.2, 0) is 26.2 Å². The number of nitrogens with zero attached hydrogens (tertiary/aromatic N) is 2. The fraction of sp³-hybridized carbons (Fsp3) is 0.286. The second-order valence-corrected chi connectivity index (χ2v) is 11.2. The number of rotatable bonds is 11. The van der Waals surface area contributed by atoms with Gasteiger partial charge in [-0.25, -0.2) is 8.42 Å². The number of anilines is 1. The van der Waals surface area contributed by atoms with E-state index in [-0.39, 0.29) is 23.4 Å². The fourth-order valence-electron chi connectivity index (χ4n) is 3.93. The molecule has 1 atom stereocenters. The van der Waals surface area contributed by atoms with Gasteiger partial charge in [0.05, 0.1) is 10.6 Å². The average Bonchev–Trinajstić information content (AvgIpc) is 2.88. The molecule has 3 aromatic rings. The van der Waals surface area contributed by atoms with Gasteiger partial charge in [0.1, 0.15) is 12.6 Å². The molecule has 0 aliphatic heterocycles. The van der Waals surface area contributed by atoms with Crippen molar-refractivity contribution in [1.29, 1.82) is 0 Å². The van der Waals surface area contributed by atoms with Crippen molar-refractivity contribution in [3.63, 3.8) is 0 Å². The third-order valence-electron chi connectivity index (χ3n) is 5.74. The van der Waals surface area contributed by atoms with E-state index < -0.39 is 28.5 Å². The van der Waals surface area contributed by atoms with E-state index in [1.807, 2.05) is 20.8 Å². The van der Waals surface area contributed by atoms with Crippen molar-refractivity contribution in [3.05, 3.63) is 95.5 Å². The first-order valence-electron chi connectivity index (χ1n) is 12.1. The van der Waals surface area contributed by atoms with Crippen LogP contribution in [0.2, 0.25) is 5.02 Å². The summed E-state index contributed by atoms with van der Waals surface area (Å²) < 4.78 is 28.4. The molecule has 0 aromatic heterocycles. The zero-order valence-corrected chi connectivity index (χ0v) is 22.7. The second-order valence-electron chi connectivity index (χ2n) is 8.90. The molecule has 0 saturated carbocycles. The van der Waals surface area contributed by atoms with Gasteiger partial charge in [-0.15, -0.1) is 0 Å². The molecule has 7 nitrogen and oxygen atoms in total. The number of benzene rings is 3. The van der Waals surface area contributed by atoms with Crippen molar-refractivity contribution in [2.24, 2.45) is 0 Å². The van der Waals surface area contributed by atoms with Gasteiger partial charge in [0.25, 0.3) is 10.0 Å². The topological polar surface area (TPSA) is 86.8 Å². The summed E-state index contributed by atoms with van der Waals surface area (Å²) in [5.41, 5.74) is 1.12. The monoisotopic (exact) mass is 541 g/mol.